The van der Waals surface area contributed by atoms with Crippen LogP contribution in [-0.4, -0.2) is 36.3 Å². The third-order valence-electron chi connectivity index (χ3n) is 4.39. The molecule has 0 radical (unpaired) electrons. The second kappa shape index (κ2) is 7.47. The van der Waals surface area contributed by atoms with Crippen molar-refractivity contribution in [2.75, 3.05) is 19.7 Å². The SMILES string of the molecule is CCOc1ccc(C(=O)N2CCC(C(=O)c3ccc(F)cc3)C2)cc1. The third kappa shape index (κ3) is 3.87. The topological polar surface area (TPSA) is 46.6 Å². The van der Waals surface area contributed by atoms with E-state index in [4.69, 9.17) is 4.74 Å². The van der Waals surface area contributed by atoms with Gasteiger partial charge < -0.3 is 9.64 Å². The molecule has 2 aromatic carbocycles. The molecule has 1 saturated heterocycles. The first-order valence-electron chi connectivity index (χ1n) is 8.40. The number of halogens is 1. The summed E-state index contributed by atoms with van der Waals surface area (Å²) in [6, 6.07) is 12.6. The van der Waals surface area contributed by atoms with Crippen LogP contribution in [0.3, 0.4) is 0 Å². The van der Waals surface area contributed by atoms with Gasteiger partial charge in [-0.3, -0.25) is 9.59 Å². The Labute approximate surface area is 146 Å². The first-order valence-corrected chi connectivity index (χ1v) is 8.40. The molecule has 0 aliphatic carbocycles. The zero-order valence-corrected chi connectivity index (χ0v) is 14.1. The molecule has 1 aliphatic rings. The number of amides is 1. The Morgan fingerprint density at radius 1 is 1.08 bits per heavy atom. The van der Waals surface area contributed by atoms with Gasteiger partial charge >= 0.3 is 0 Å². The van der Waals surface area contributed by atoms with Crippen LogP contribution < -0.4 is 4.74 Å². The highest BCUT2D eigenvalue weighted by Gasteiger charge is 2.31. The number of nitrogens with zero attached hydrogens (tertiary/aromatic N) is 1. The van der Waals surface area contributed by atoms with Crippen molar-refractivity contribution in [3.8, 4) is 5.75 Å². The van der Waals surface area contributed by atoms with E-state index in [1.807, 2.05) is 6.92 Å². The number of rotatable bonds is 5. The lowest BCUT2D eigenvalue weighted by molar-refractivity contribution is 0.0780. The Kier molecular flexibility index (Phi) is 5.12. The van der Waals surface area contributed by atoms with Gasteiger partial charge in [-0.15, -0.1) is 0 Å². The van der Waals surface area contributed by atoms with E-state index in [9.17, 15) is 14.0 Å². The van der Waals surface area contributed by atoms with Crippen molar-refractivity contribution in [3.63, 3.8) is 0 Å². The summed E-state index contributed by atoms with van der Waals surface area (Å²) < 4.78 is 18.4. The molecular formula is C20H20FNO3. The van der Waals surface area contributed by atoms with E-state index >= 15 is 0 Å². The van der Waals surface area contributed by atoms with E-state index in [1.165, 1.54) is 24.3 Å². The molecule has 1 fully saturated rings. The van der Waals surface area contributed by atoms with Gasteiger partial charge in [-0.2, -0.15) is 0 Å². The molecule has 2 aromatic rings. The van der Waals surface area contributed by atoms with Crippen molar-refractivity contribution in [2.24, 2.45) is 5.92 Å². The Hall–Kier alpha value is -2.69. The maximum Gasteiger partial charge on any atom is 0.253 e. The molecule has 4 nitrogen and oxygen atoms in total. The van der Waals surface area contributed by atoms with Crippen LogP contribution in [0.2, 0.25) is 0 Å². The average Bonchev–Trinajstić information content (AvgIpc) is 3.12. The van der Waals surface area contributed by atoms with E-state index in [1.54, 1.807) is 29.2 Å². The molecule has 1 heterocycles. The largest absolute Gasteiger partial charge is 0.494 e. The van der Waals surface area contributed by atoms with Crippen LogP contribution in [0.4, 0.5) is 4.39 Å². The maximum atomic E-state index is 13.0. The molecule has 0 bridgehead atoms. The molecular weight excluding hydrogens is 321 g/mol. The molecule has 25 heavy (non-hydrogen) atoms. The van der Waals surface area contributed by atoms with Gasteiger partial charge in [-0.05, 0) is 61.9 Å². The average molecular weight is 341 g/mol. The molecule has 0 spiro atoms. The number of carbonyl (C=O) groups is 2. The summed E-state index contributed by atoms with van der Waals surface area (Å²) in [4.78, 5) is 26.8. The van der Waals surface area contributed by atoms with Gasteiger partial charge in [-0.25, -0.2) is 4.39 Å². The van der Waals surface area contributed by atoms with Crippen LogP contribution >= 0.6 is 0 Å². The number of benzene rings is 2. The second-order valence-corrected chi connectivity index (χ2v) is 6.07. The van der Waals surface area contributed by atoms with Crippen molar-refractivity contribution in [2.45, 2.75) is 13.3 Å². The number of Topliss-reactive ketones (excluding diaryl/α,β-unsaturated/α-hetero) is 1. The van der Waals surface area contributed by atoms with E-state index in [-0.39, 0.29) is 23.4 Å². The Balaban J connectivity index is 1.64. The zero-order chi connectivity index (χ0) is 17.8. The lowest BCUT2D eigenvalue weighted by Crippen LogP contribution is -2.30. The summed E-state index contributed by atoms with van der Waals surface area (Å²) in [5, 5.41) is 0. The van der Waals surface area contributed by atoms with Crippen molar-refractivity contribution < 1.29 is 18.7 Å². The lowest BCUT2D eigenvalue weighted by Gasteiger charge is -2.16. The van der Waals surface area contributed by atoms with Crippen molar-refractivity contribution in [1.82, 2.24) is 4.90 Å². The summed E-state index contributed by atoms with van der Waals surface area (Å²) >= 11 is 0. The highest BCUT2D eigenvalue weighted by Crippen LogP contribution is 2.23. The second-order valence-electron chi connectivity index (χ2n) is 6.07. The Bertz CT molecular complexity index is 756. The molecule has 1 unspecified atom stereocenters. The highest BCUT2D eigenvalue weighted by atomic mass is 19.1. The normalized spacial score (nSPS) is 16.7. The summed E-state index contributed by atoms with van der Waals surface area (Å²) in [7, 11) is 0. The predicted molar refractivity (Wildman–Crippen MR) is 92.4 cm³/mol. The van der Waals surface area contributed by atoms with Gasteiger partial charge in [0.25, 0.3) is 5.91 Å². The molecule has 0 aromatic heterocycles. The molecule has 0 N–H and O–H groups in total. The number of hydrogen-bond acceptors (Lipinski definition) is 3. The molecule has 1 atom stereocenters. The van der Waals surface area contributed by atoms with Crippen LogP contribution in [0.25, 0.3) is 0 Å². The molecule has 1 aliphatic heterocycles. The minimum atomic E-state index is -0.365. The van der Waals surface area contributed by atoms with Crippen molar-refractivity contribution >= 4 is 11.7 Å². The van der Waals surface area contributed by atoms with E-state index < -0.39 is 0 Å². The first-order chi connectivity index (χ1) is 12.1. The van der Waals surface area contributed by atoms with E-state index in [0.29, 0.717) is 37.2 Å². The minimum Gasteiger partial charge on any atom is -0.494 e. The highest BCUT2D eigenvalue weighted by molar-refractivity contribution is 5.99. The molecule has 130 valence electrons. The van der Waals surface area contributed by atoms with Crippen LogP contribution in [0, 0.1) is 11.7 Å². The maximum absolute atomic E-state index is 13.0. The van der Waals surface area contributed by atoms with Gasteiger partial charge in [0.05, 0.1) is 6.61 Å². The molecule has 3 rings (SSSR count). The van der Waals surface area contributed by atoms with Gasteiger partial charge in [0.15, 0.2) is 5.78 Å². The zero-order valence-electron chi connectivity index (χ0n) is 14.1. The van der Waals surface area contributed by atoms with Crippen LogP contribution in [0.5, 0.6) is 5.75 Å². The summed E-state index contributed by atoms with van der Waals surface area (Å²) in [5.41, 5.74) is 1.07. The fourth-order valence-electron chi connectivity index (χ4n) is 3.05. The molecule has 5 heteroatoms. The van der Waals surface area contributed by atoms with E-state index in [2.05, 4.69) is 0 Å². The van der Waals surface area contributed by atoms with Crippen LogP contribution in [-0.2, 0) is 0 Å². The number of hydrogen-bond donors (Lipinski definition) is 0. The number of ketones is 1. The smallest absolute Gasteiger partial charge is 0.253 e. The number of likely N-dealkylation sites (tertiary alicyclic amines) is 1. The van der Waals surface area contributed by atoms with Gasteiger partial charge in [0.2, 0.25) is 0 Å². The standard InChI is InChI=1S/C20H20FNO3/c1-2-25-18-9-5-15(6-10-18)20(24)22-12-11-16(13-22)19(23)14-3-7-17(21)8-4-14/h3-10,16H,2,11-13H2,1H3. The Morgan fingerprint density at radius 2 is 1.72 bits per heavy atom. The van der Waals surface area contributed by atoms with Crippen LogP contribution in [0.1, 0.15) is 34.1 Å². The fourth-order valence-corrected chi connectivity index (χ4v) is 3.05. The van der Waals surface area contributed by atoms with Crippen molar-refractivity contribution in [1.29, 1.82) is 0 Å². The van der Waals surface area contributed by atoms with Gasteiger partial charge in [0, 0.05) is 30.1 Å². The molecule has 0 saturated carbocycles. The quantitative estimate of drug-likeness (QED) is 0.781. The monoisotopic (exact) mass is 341 g/mol. The van der Waals surface area contributed by atoms with Gasteiger partial charge in [-0.1, -0.05) is 0 Å². The third-order valence-corrected chi connectivity index (χ3v) is 4.39. The van der Waals surface area contributed by atoms with E-state index in [0.717, 1.165) is 5.75 Å². The fraction of sp³-hybridized carbons (Fsp3) is 0.300. The van der Waals surface area contributed by atoms with Crippen molar-refractivity contribution in [3.05, 3.63) is 65.5 Å². The lowest BCUT2D eigenvalue weighted by atomic mass is 9.97. The molecule has 1 amide bonds. The van der Waals surface area contributed by atoms with Gasteiger partial charge in [0.1, 0.15) is 11.6 Å². The number of ether oxygens (including phenoxy) is 1. The number of carbonyl (C=O) groups excluding carboxylic acids is 2. The minimum absolute atomic E-state index is 0.0398. The summed E-state index contributed by atoms with van der Waals surface area (Å²) in [6.07, 6.45) is 0.624. The summed E-state index contributed by atoms with van der Waals surface area (Å²) in [6.45, 7) is 3.42. The first kappa shape index (κ1) is 17.1. The predicted octanol–water partition coefficient (Wildman–Crippen LogP) is 3.57. The van der Waals surface area contributed by atoms with Crippen LogP contribution in [0.15, 0.2) is 48.5 Å². The Morgan fingerprint density at radius 3 is 2.36 bits per heavy atom. The summed E-state index contributed by atoms with van der Waals surface area (Å²) in [5.74, 6) is -0.00308.